The topological polar surface area (TPSA) is 29.9 Å². The number of aromatic nitrogens is 2. The van der Waals surface area contributed by atoms with E-state index >= 15 is 0 Å². The lowest BCUT2D eigenvalue weighted by atomic mass is 9.51. The van der Waals surface area contributed by atoms with E-state index in [9.17, 15) is 0 Å². The summed E-state index contributed by atoms with van der Waals surface area (Å²) in [4.78, 5) is 4.69. The lowest BCUT2D eigenvalue weighted by Crippen LogP contribution is -2.44. The summed E-state index contributed by atoms with van der Waals surface area (Å²) in [6, 6.07) is 0. The molecule has 0 aromatic carbocycles. The quantitative estimate of drug-likeness (QED) is 0.838. The highest BCUT2D eigenvalue weighted by Crippen LogP contribution is 2.59. The zero-order chi connectivity index (χ0) is 12.4. The van der Waals surface area contributed by atoms with Crippen LogP contribution in [0.1, 0.15) is 49.5 Å². The van der Waals surface area contributed by atoms with Crippen molar-refractivity contribution in [3.05, 3.63) is 17.7 Å². The van der Waals surface area contributed by atoms with Gasteiger partial charge in [0.15, 0.2) is 0 Å². The Balaban J connectivity index is 1.54. The molecule has 1 aromatic heterocycles. The second-order valence-electron chi connectivity index (χ2n) is 7.38. The van der Waals surface area contributed by atoms with Crippen molar-refractivity contribution in [2.45, 2.75) is 51.1 Å². The molecule has 19 heavy (non-hydrogen) atoms. The summed E-state index contributed by atoms with van der Waals surface area (Å²) >= 11 is 0. The van der Waals surface area contributed by atoms with Crippen LogP contribution in [0.5, 0.6) is 0 Å². The van der Waals surface area contributed by atoms with Gasteiger partial charge in [-0.05, 0) is 55.8 Å². The predicted octanol–water partition coefficient (Wildman–Crippen LogP) is 2.53. The maximum absolute atomic E-state index is 4.69. The van der Waals surface area contributed by atoms with Crippen LogP contribution in [0.25, 0.3) is 0 Å². The minimum absolute atomic E-state index is 0.840. The van der Waals surface area contributed by atoms with Crippen LogP contribution in [0.3, 0.4) is 0 Å². The van der Waals surface area contributed by atoms with Crippen LogP contribution >= 0.6 is 0 Å². The normalized spacial score (nSPS) is 43.5. The Bertz CT molecular complexity index is 476. The van der Waals surface area contributed by atoms with Crippen molar-refractivity contribution in [3.8, 4) is 0 Å². The summed E-state index contributed by atoms with van der Waals surface area (Å²) in [6.45, 7) is 3.21. The first-order chi connectivity index (χ1) is 9.38. The molecule has 3 nitrogen and oxygen atoms in total. The van der Waals surface area contributed by atoms with Gasteiger partial charge < -0.3 is 9.88 Å². The van der Waals surface area contributed by atoms with Gasteiger partial charge in [0.25, 0.3) is 0 Å². The number of fused-ring (bicyclic) bond motifs is 1. The second kappa shape index (κ2) is 3.85. The summed E-state index contributed by atoms with van der Waals surface area (Å²) in [5, 5.41) is 3.44. The van der Waals surface area contributed by atoms with Gasteiger partial charge in [0.05, 0.1) is 6.54 Å². The van der Waals surface area contributed by atoms with Crippen LogP contribution in [0.15, 0.2) is 6.20 Å². The van der Waals surface area contributed by atoms with Gasteiger partial charge in [-0.25, -0.2) is 4.98 Å². The molecule has 1 aliphatic heterocycles. The number of hydrogen-bond donors (Lipinski definition) is 1. The Morgan fingerprint density at radius 3 is 2.53 bits per heavy atom. The highest BCUT2D eigenvalue weighted by molar-refractivity contribution is 5.19. The van der Waals surface area contributed by atoms with Crippen LogP contribution in [0, 0.1) is 23.7 Å². The van der Waals surface area contributed by atoms with E-state index in [4.69, 9.17) is 0 Å². The fourth-order valence-electron chi connectivity index (χ4n) is 5.89. The van der Waals surface area contributed by atoms with Crippen molar-refractivity contribution in [3.63, 3.8) is 0 Å². The first kappa shape index (κ1) is 10.9. The van der Waals surface area contributed by atoms with Gasteiger partial charge in [-0.15, -0.1) is 0 Å². The molecule has 0 unspecified atom stereocenters. The highest BCUT2D eigenvalue weighted by Gasteiger charge is 2.49. The minimum atomic E-state index is 0.840. The Morgan fingerprint density at radius 1 is 1.05 bits per heavy atom. The highest BCUT2D eigenvalue weighted by atomic mass is 15.2. The van der Waals surface area contributed by atoms with E-state index in [1.54, 1.807) is 12.1 Å². The zero-order valence-electron chi connectivity index (χ0n) is 11.5. The van der Waals surface area contributed by atoms with Gasteiger partial charge in [0, 0.05) is 30.9 Å². The van der Waals surface area contributed by atoms with Gasteiger partial charge in [-0.2, -0.15) is 0 Å². The van der Waals surface area contributed by atoms with Crippen molar-refractivity contribution in [2.75, 3.05) is 6.54 Å². The van der Waals surface area contributed by atoms with Crippen LogP contribution in [-0.2, 0) is 13.1 Å². The van der Waals surface area contributed by atoms with E-state index in [-0.39, 0.29) is 0 Å². The summed E-state index contributed by atoms with van der Waals surface area (Å²) < 4.78 is 2.55. The second-order valence-corrected chi connectivity index (χ2v) is 7.38. The van der Waals surface area contributed by atoms with Crippen LogP contribution in [0.4, 0.5) is 0 Å². The van der Waals surface area contributed by atoms with Gasteiger partial charge in [-0.3, -0.25) is 0 Å². The average Bonchev–Trinajstić information content (AvgIpc) is 2.82. The third kappa shape index (κ3) is 1.51. The predicted molar refractivity (Wildman–Crippen MR) is 73.7 cm³/mol. The van der Waals surface area contributed by atoms with Crippen molar-refractivity contribution >= 4 is 0 Å². The molecular formula is C16H23N3. The van der Waals surface area contributed by atoms with E-state index in [1.807, 2.05) is 0 Å². The Morgan fingerprint density at radius 2 is 1.79 bits per heavy atom. The largest absolute Gasteiger partial charge is 0.329 e. The van der Waals surface area contributed by atoms with E-state index in [2.05, 4.69) is 21.1 Å². The number of nitrogens with zero attached hydrogens (tertiary/aromatic N) is 2. The molecule has 4 aliphatic carbocycles. The average molecular weight is 257 g/mol. The Labute approximate surface area is 114 Å². The minimum Gasteiger partial charge on any atom is -0.329 e. The molecule has 102 valence electrons. The van der Waals surface area contributed by atoms with Crippen molar-refractivity contribution in [1.82, 2.24) is 14.9 Å². The molecule has 4 bridgehead atoms. The fourth-order valence-corrected chi connectivity index (χ4v) is 5.89. The molecule has 5 aliphatic rings. The first-order valence-corrected chi connectivity index (χ1v) is 8.13. The number of nitrogens with one attached hydrogen (secondary N) is 1. The summed E-state index contributed by atoms with van der Waals surface area (Å²) in [5.74, 6) is 6.22. The molecule has 0 atom stereocenters. The smallest absolute Gasteiger partial charge is 0.122 e. The molecule has 0 radical (unpaired) electrons. The van der Waals surface area contributed by atoms with Crippen LogP contribution in [-0.4, -0.2) is 16.1 Å². The van der Waals surface area contributed by atoms with E-state index in [0.717, 1.165) is 49.2 Å². The van der Waals surface area contributed by atoms with Gasteiger partial charge in [0.2, 0.25) is 0 Å². The molecule has 3 heteroatoms. The molecule has 1 N–H and O–H groups in total. The maximum Gasteiger partial charge on any atom is 0.122 e. The number of imidazole rings is 1. The van der Waals surface area contributed by atoms with E-state index in [1.165, 1.54) is 31.5 Å². The summed E-state index contributed by atoms with van der Waals surface area (Å²) in [6.07, 6.45) is 9.81. The monoisotopic (exact) mass is 257 g/mol. The zero-order valence-corrected chi connectivity index (χ0v) is 11.5. The van der Waals surface area contributed by atoms with Gasteiger partial charge in [-0.1, -0.05) is 0 Å². The third-order valence-electron chi connectivity index (χ3n) is 6.33. The summed E-state index contributed by atoms with van der Waals surface area (Å²) in [5.41, 5.74) is 1.59. The Kier molecular flexibility index (Phi) is 2.21. The number of rotatable bonds is 1. The fraction of sp³-hybridized carbons (Fsp3) is 0.812. The molecule has 1 aromatic rings. The molecule has 2 heterocycles. The summed E-state index contributed by atoms with van der Waals surface area (Å²) in [7, 11) is 0. The molecule has 0 amide bonds. The first-order valence-electron chi connectivity index (χ1n) is 8.13. The maximum atomic E-state index is 4.69. The molecule has 6 rings (SSSR count). The molecule has 0 saturated heterocycles. The van der Waals surface area contributed by atoms with Gasteiger partial charge >= 0.3 is 0 Å². The van der Waals surface area contributed by atoms with E-state index < -0.39 is 0 Å². The Hall–Kier alpha value is -0.830. The number of hydrogen-bond acceptors (Lipinski definition) is 2. The van der Waals surface area contributed by atoms with Gasteiger partial charge in [0.1, 0.15) is 5.82 Å². The van der Waals surface area contributed by atoms with Crippen molar-refractivity contribution in [2.24, 2.45) is 23.7 Å². The molecular weight excluding hydrogens is 234 g/mol. The lowest BCUT2D eigenvalue weighted by Gasteiger charge is -2.54. The van der Waals surface area contributed by atoms with Crippen LogP contribution < -0.4 is 5.32 Å². The SMILES string of the molecule is c1nc2n(c1C1C3CC4CC(C3)CC1C4)CCNC2. The molecule has 4 saturated carbocycles. The van der Waals surface area contributed by atoms with Crippen molar-refractivity contribution in [1.29, 1.82) is 0 Å². The van der Waals surface area contributed by atoms with Crippen molar-refractivity contribution < 1.29 is 0 Å². The standard InChI is InChI=1S/C16H23N3/c1-2-19-14(8-18-15(19)9-17-1)16-12-4-10-3-11(6-12)7-13(16)5-10/h8,10-13,16-17H,1-7,9H2. The van der Waals surface area contributed by atoms with E-state index in [0.29, 0.717) is 0 Å². The molecule has 4 fully saturated rings. The molecule has 0 spiro atoms. The third-order valence-corrected chi connectivity index (χ3v) is 6.33. The lowest BCUT2D eigenvalue weighted by molar-refractivity contribution is -0.00545. The van der Waals surface area contributed by atoms with Crippen LogP contribution in [0.2, 0.25) is 0 Å².